The van der Waals surface area contributed by atoms with Crippen molar-refractivity contribution in [3.8, 4) is 0 Å². The zero-order chi connectivity index (χ0) is 18.8. The summed E-state index contributed by atoms with van der Waals surface area (Å²) in [5.41, 5.74) is 3.14. The second kappa shape index (κ2) is 7.40. The van der Waals surface area contributed by atoms with Gasteiger partial charge in [0, 0.05) is 32.6 Å². The van der Waals surface area contributed by atoms with Crippen LogP contribution in [0.5, 0.6) is 0 Å². The van der Waals surface area contributed by atoms with Crippen LogP contribution in [0.3, 0.4) is 0 Å². The van der Waals surface area contributed by atoms with Crippen molar-refractivity contribution in [2.75, 3.05) is 43.4 Å². The zero-order valence-electron chi connectivity index (χ0n) is 15.4. The highest BCUT2D eigenvalue weighted by atomic mass is 16.5. The number of amides is 1. The Balaban J connectivity index is 1.50. The first kappa shape index (κ1) is 17.5. The minimum Gasteiger partial charge on any atom is -0.448 e. The third kappa shape index (κ3) is 3.66. The van der Waals surface area contributed by atoms with Crippen molar-refractivity contribution < 1.29 is 14.3 Å². The molecule has 1 unspecified atom stereocenters. The molecule has 2 aromatic carbocycles. The lowest BCUT2D eigenvalue weighted by Crippen LogP contribution is -2.45. The quantitative estimate of drug-likeness (QED) is 0.845. The molecule has 1 atom stereocenters. The van der Waals surface area contributed by atoms with Gasteiger partial charge in [0.1, 0.15) is 0 Å². The van der Waals surface area contributed by atoms with E-state index in [-0.39, 0.29) is 5.91 Å². The second-order valence-electron chi connectivity index (χ2n) is 7.05. The van der Waals surface area contributed by atoms with Crippen LogP contribution in [0.1, 0.15) is 15.9 Å². The van der Waals surface area contributed by atoms with E-state index >= 15 is 0 Å². The van der Waals surface area contributed by atoms with Crippen LogP contribution in [0.25, 0.3) is 0 Å². The lowest BCUT2D eigenvalue weighted by Gasteiger charge is -2.35. The normalized spacial score (nSPS) is 20.0. The van der Waals surface area contributed by atoms with Crippen LogP contribution in [-0.4, -0.2) is 56.1 Å². The van der Waals surface area contributed by atoms with E-state index in [0.29, 0.717) is 12.0 Å². The topological polar surface area (TPSA) is 61.9 Å². The smallest absolute Gasteiger partial charge is 0.339 e. The van der Waals surface area contributed by atoms with Crippen molar-refractivity contribution in [3.05, 3.63) is 59.7 Å². The fraction of sp³-hybridized carbons (Fsp3) is 0.333. The molecule has 2 aliphatic rings. The second-order valence-corrected chi connectivity index (χ2v) is 7.05. The van der Waals surface area contributed by atoms with Gasteiger partial charge in [-0.05, 0) is 30.8 Å². The predicted octanol–water partition coefficient (Wildman–Crippen LogP) is 2.16. The summed E-state index contributed by atoms with van der Waals surface area (Å²) in [4.78, 5) is 29.5. The van der Waals surface area contributed by atoms with Crippen molar-refractivity contribution in [2.24, 2.45) is 0 Å². The van der Waals surface area contributed by atoms with E-state index < -0.39 is 12.1 Å². The molecule has 1 saturated heterocycles. The van der Waals surface area contributed by atoms with Gasteiger partial charge in [-0.1, -0.05) is 30.3 Å². The van der Waals surface area contributed by atoms with Crippen molar-refractivity contribution in [1.82, 2.24) is 4.90 Å². The van der Waals surface area contributed by atoms with Crippen LogP contribution in [-0.2, 0) is 16.0 Å². The molecule has 0 bridgehead atoms. The Morgan fingerprint density at radius 1 is 1.04 bits per heavy atom. The number of nitrogens with zero attached hydrogens (tertiary/aromatic N) is 2. The Labute approximate surface area is 158 Å². The highest BCUT2D eigenvalue weighted by Crippen LogP contribution is 2.28. The number of piperazine rings is 1. The van der Waals surface area contributed by atoms with Gasteiger partial charge in [0.05, 0.1) is 16.9 Å². The van der Waals surface area contributed by atoms with Gasteiger partial charge < -0.3 is 19.9 Å². The number of fused-ring (bicyclic) bond motifs is 1. The molecule has 4 rings (SSSR count). The van der Waals surface area contributed by atoms with Crippen molar-refractivity contribution in [1.29, 1.82) is 0 Å². The van der Waals surface area contributed by atoms with E-state index in [0.717, 1.165) is 43.1 Å². The molecule has 1 N–H and O–H groups in total. The maximum atomic E-state index is 12.8. The molecule has 0 aromatic heterocycles. The molecule has 2 aliphatic heterocycles. The number of rotatable bonds is 3. The molecule has 27 heavy (non-hydrogen) atoms. The number of esters is 1. The van der Waals surface area contributed by atoms with E-state index in [1.165, 1.54) is 0 Å². The monoisotopic (exact) mass is 365 g/mol. The maximum Gasteiger partial charge on any atom is 0.339 e. The summed E-state index contributed by atoms with van der Waals surface area (Å²) < 4.78 is 5.37. The number of cyclic esters (lactones) is 1. The molecule has 1 fully saturated rings. The number of carbonyl (C=O) groups excluding carboxylic acids is 2. The third-order valence-electron chi connectivity index (χ3n) is 5.19. The fourth-order valence-electron chi connectivity index (χ4n) is 3.59. The molecule has 0 radical (unpaired) electrons. The number of likely N-dealkylation sites (N-methyl/N-ethyl adjacent to an activating group) is 1. The lowest BCUT2D eigenvalue weighted by molar-refractivity contribution is -0.125. The largest absolute Gasteiger partial charge is 0.448 e. The Hall–Kier alpha value is -2.86. The standard InChI is InChI=1S/C21H23N3O3/c1-23-10-12-24(13-11-23)18-9-5-4-8-17(18)22-20(25)19-14-15-6-2-3-7-16(15)21(26)27-19/h2-9,19H,10-14H2,1H3,(H,22,25). The van der Waals surface area contributed by atoms with E-state index in [2.05, 4.69) is 22.2 Å². The average Bonchev–Trinajstić information content (AvgIpc) is 2.69. The minimum atomic E-state index is -0.812. The molecule has 2 heterocycles. The summed E-state index contributed by atoms with van der Waals surface area (Å²) in [5, 5.41) is 2.97. The number of hydrogen-bond acceptors (Lipinski definition) is 5. The Bertz CT molecular complexity index is 859. The van der Waals surface area contributed by atoms with Crippen LogP contribution < -0.4 is 10.2 Å². The van der Waals surface area contributed by atoms with Gasteiger partial charge in [-0.15, -0.1) is 0 Å². The molecule has 0 saturated carbocycles. The number of carbonyl (C=O) groups is 2. The maximum absolute atomic E-state index is 12.8. The first-order valence-electron chi connectivity index (χ1n) is 9.24. The van der Waals surface area contributed by atoms with E-state index in [9.17, 15) is 9.59 Å². The van der Waals surface area contributed by atoms with Gasteiger partial charge >= 0.3 is 5.97 Å². The van der Waals surface area contributed by atoms with Crippen molar-refractivity contribution in [2.45, 2.75) is 12.5 Å². The summed E-state index contributed by atoms with van der Waals surface area (Å²) in [7, 11) is 2.11. The Kier molecular flexibility index (Phi) is 4.81. The number of hydrogen-bond donors (Lipinski definition) is 1. The summed E-state index contributed by atoms with van der Waals surface area (Å²) >= 11 is 0. The molecular weight excluding hydrogens is 342 g/mol. The predicted molar refractivity (Wildman–Crippen MR) is 104 cm³/mol. The number of nitrogens with one attached hydrogen (secondary N) is 1. The van der Waals surface area contributed by atoms with Crippen LogP contribution in [0.15, 0.2) is 48.5 Å². The van der Waals surface area contributed by atoms with Crippen LogP contribution in [0.4, 0.5) is 11.4 Å². The summed E-state index contributed by atoms with van der Waals surface area (Å²) in [5.74, 6) is -0.733. The number of para-hydroxylation sites is 2. The summed E-state index contributed by atoms with van der Waals surface area (Å²) in [6.45, 7) is 3.79. The molecule has 0 spiro atoms. The van der Waals surface area contributed by atoms with E-state index in [4.69, 9.17) is 4.74 Å². The minimum absolute atomic E-state index is 0.292. The number of anilines is 2. The Morgan fingerprint density at radius 2 is 1.74 bits per heavy atom. The fourth-order valence-corrected chi connectivity index (χ4v) is 3.59. The van der Waals surface area contributed by atoms with Crippen molar-refractivity contribution >= 4 is 23.3 Å². The third-order valence-corrected chi connectivity index (χ3v) is 5.19. The summed E-state index contributed by atoms with van der Waals surface area (Å²) in [6.07, 6.45) is -0.419. The Morgan fingerprint density at radius 3 is 2.56 bits per heavy atom. The molecule has 6 heteroatoms. The van der Waals surface area contributed by atoms with Gasteiger partial charge in [-0.2, -0.15) is 0 Å². The number of ether oxygens (including phenoxy) is 1. The van der Waals surface area contributed by atoms with E-state index in [1.54, 1.807) is 12.1 Å². The molecule has 1 amide bonds. The van der Waals surface area contributed by atoms with Crippen molar-refractivity contribution in [3.63, 3.8) is 0 Å². The van der Waals surface area contributed by atoms with Crippen LogP contribution in [0, 0.1) is 0 Å². The first-order chi connectivity index (χ1) is 13.1. The lowest BCUT2D eigenvalue weighted by atomic mass is 9.98. The van der Waals surface area contributed by atoms with E-state index in [1.807, 2.05) is 36.4 Å². The SMILES string of the molecule is CN1CCN(c2ccccc2NC(=O)C2Cc3ccccc3C(=O)O2)CC1. The van der Waals surface area contributed by atoms with Crippen LogP contribution in [0.2, 0.25) is 0 Å². The summed E-state index contributed by atoms with van der Waals surface area (Å²) in [6, 6.07) is 15.1. The molecule has 140 valence electrons. The molecule has 6 nitrogen and oxygen atoms in total. The highest BCUT2D eigenvalue weighted by molar-refractivity contribution is 6.01. The molecule has 0 aliphatic carbocycles. The average molecular weight is 365 g/mol. The zero-order valence-corrected chi connectivity index (χ0v) is 15.4. The van der Waals surface area contributed by atoms with Gasteiger partial charge in [0.2, 0.25) is 0 Å². The van der Waals surface area contributed by atoms with Gasteiger partial charge in [-0.25, -0.2) is 4.79 Å². The van der Waals surface area contributed by atoms with Crippen LogP contribution >= 0.6 is 0 Å². The van der Waals surface area contributed by atoms with Gasteiger partial charge in [0.25, 0.3) is 5.91 Å². The number of benzene rings is 2. The highest BCUT2D eigenvalue weighted by Gasteiger charge is 2.31. The van der Waals surface area contributed by atoms with Gasteiger partial charge in [0.15, 0.2) is 6.10 Å². The van der Waals surface area contributed by atoms with Gasteiger partial charge in [-0.3, -0.25) is 4.79 Å². The first-order valence-corrected chi connectivity index (χ1v) is 9.24. The molecular formula is C21H23N3O3. The molecule has 2 aromatic rings.